The summed E-state index contributed by atoms with van der Waals surface area (Å²) in [5.74, 6) is 0.752. The Labute approximate surface area is 875 Å². The number of benzene rings is 3. The molecule has 3 aromatic carbocycles. The molecule has 806 valence electrons. The first kappa shape index (κ1) is 129. The van der Waals surface area contributed by atoms with Crippen LogP contribution in [0.4, 0.5) is 0 Å². The third kappa shape index (κ3) is 35.6. The fourth-order valence-electron chi connectivity index (χ4n) is 16.6. The third-order valence-electron chi connectivity index (χ3n) is 23.8. The largest absolute Gasteiger partial charge is 1.00 e. The van der Waals surface area contributed by atoms with Gasteiger partial charge in [0.15, 0.2) is 31.1 Å². The number of aliphatic hydroxyl groups is 1. The molecule has 0 spiro atoms. The summed E-state index contributed by atoms with van der Waals surface area (Å²) >= 11 is 7.17. The van der Waals surface area contributed by atoms with Crippen molar-refractivity contribution in [1.82, 2.24) is 52.4 Å². The van der Waals surface area contributed by atoms with Crippen molar-refractivity contribution in [2.75, 3.05) is 135 Å². The number of aromatic nitrogens is 10. The minimum Gasteiger partial charge on any atom is -0.870 e. The molecule has 0 radical (unpaired) electrons. The number of hydrogen-bond acceptors (Lipinski definition) is 33. The van der Waals surface area contributed by atoms with Crippen LogP contribution in [0.15, 0.2) is 199 Å². The van der Waals surface area contributed by atoms with Gasteiger partial charge in [0.2, 0.25) is 6.54 Å². The van der Waals surface area contributed by atoms with Crippen LogP contribution in [-0.4, -0.2) is 283 Å². The number of azide groups is 1. The van der Waals surface area contributed by atoms with Crippen LogP contribution in [0.25, 0.3) is 15.3 Å². The molecule has 10 heterocycles. The van der Waals surface area contributed by atoms with Crippen molar-refractivity contribution in [2.45, 2.75) is 225 Å². The minimum atomic E-state index is -1.42. The van der Waals surface area contributed by atoms with E-state index >= 15 is 0 Å². The fourth-order valence-corrected chi connectivity index (χ4v) is 18.6. The molecule has 5 aromatic heterocycles. The van der Waals surface area contributed by atoms with E-state index < -0.39 is 137 Å². The van der Waals surface area contributed by atoms with Gasteiger partial charge in [-0.1, -0.05) is 134 Å². The number of aliphatic hydroxyl groups excluding tert-OH is 1. The monoisotopic (exact) mass is 2100 g/mol. The maximum absolute atomic E-state index is 12.4. The second-order valence-corrected chi connectivity index (χ2v) is 35.8. The molecule has 5 aliphatic rings. The van der Waals surface area contributed by atoms with Crippen LogP contribution >= 0.6 is 20.1 Å². The van der Waals surface area contributed by atoms with Crippen LogP contribution in [0, 0.1) is 24.3 Å². The Morgan fingerprint density at radius 3 is 1.09 bits per heavy atom. The molecule has 5 aliphatic heterocycles. The Morgan fingerprint density at radius 2 is 0.760 bits per heavy atom. The van der Waals surface area contributed by atoms with E-state index in [-0.39, 0.29) is 149 Å². The van der Waals surface area contributed by atoms with Gasteiger partial charge < -0.3 is 106 Å². The van der Waals surface area contributed by atoms with Crippen molar-refractivity contribution < 1.29 is 125 Å². The molecule has 46 nitrogen and oxygen atoms in total. The van der Waals surface area contributed by atoms with Crippen LogP contribution in [0.5, 0.6) is 5.75 Å². The number of H-pyrrole nitrogens is 5. The first-order chi connectivity index (χ1) is 68.3. The second kappa shape index (κ2) is 66.2. The van der Waals surface area contributed by atoms with E-state index in [1.165, 1.54) is 91.3 Å². The Morgan fingerprint density at radius 1 is 0.452 bits per heavy atom. The van der Waals surface area contributed by atoms with Crippen molar-refractivity contribution >= 4 is 20.1 Å². The fraction of sp³-hybridized carbons (Fsp3) is 0.598. The molecule has 0 bridgehead atoms. The SMILES string of the molecule is C.C.CC[C@H]1O[C@@H](n2ccc(=O)[nH]c2=O)[C@H](OCCOC)[C@@H]1C.CC[C@H]1O[C@@H](n2ccc(=O)[nH]c2=O)[C@H](OCCOC)[C@@H]1N.CC[C@H]1O[C@@H](n2ccc(=O)[nH]c2=O)[C@H](OCCOC)[C@@H]1N=[N+]=[N-].COCCO[C@@H]1[C@H](C)[C@@H](CO)O[C@H]1n1ccc(=O)[nH]c1=O.COc1ccc(C(Cl)(c2ccccc2)c2ccccc2)cc1.[C-]#[N+]CCOP(OC[C@H]1O[C@@H](n2ccc(=O)[nH]c2=O)[C@H](OCCOC)[C@@H]1C)N(C(C)C)C(C)C.[Na+].[OH-]. The summed E-state index contributed by atoms with van der Waals surface area (Å²) in [5, 5.41) is 13.1. The van der Waals surface area contributed by atoms with Gasteiger partial charge in [0.25, 0.3) is 36.3 Å². The molecule has 8 aromatic rings. The summed E-state index contributed by atoms with van der Waals surface area (Å²) in [6, 6.07) is 34.0. The predicted octanol–water partition coefficient (Wildman–Crippen LogP) is 5.09. The molecular weight excluding hydrogens is 1960 g/mol. The maximum atomic E-state index is 12.4. The summed E-state index contributed by atoms with van der Waals surface area (Å²) < 4.78 is 110. The third-order valence-corrected chi connectivity index (χ3v) is 26.6. The number of hydrogen-bond donors (Lipinski definition) is 7. The molecule has 5 saturated heterocycles. The second-order valence-electron chi connectivity index (χ2n) is 33.7. The van der Waals surface area contributed by atoms with E-state index in [9.17, 15) is 53.1 Å². The number of nitrogens with zero attached hydrogens (tertiary/aromatic N) is 10. The van der Waals surface area contributed by atoms with E-state index in [1.807, 2.05) is 102 Å². The topological polar surface area (TPSA) is 573 Å². The number of rotatable bonds is 43. The Bertz CT molecular complexity index is 5540. The van der Waals surface area contributed by atoms with Gasteiger partial charge in [0.1, 0.15) is 47.8 Å². The summed E-state index contributed by atoms with van der Waals surface area (Å²) in [5.41, 5.74) is 12.9. The van der Waals surface area contributed by atoms with E-state index in [4.69, 9.17) is 114 Å². The maximum Gasteiger partial charge on any atom is 1.00 e. The van der Waals surface area contributed by atoms with Crippen LogP contribution in [-0.2, 0) is 85.0 Å². The molecule has 49 heteroatoms. The van der Waals surface area contributed by atoms with Crippen LogP contribution in [0.2, 0.25) is 0 Å². The number of nitrogens with two attached hydrogens (primary N) is 1. The number of ether oxygens (including phenoxy) is 16. The van der Waals surface area contributed by atoms with Crippen LogP contribution in [0.3, 0.4) is 0 Å². The molecule has 0 aliphatic carbocycles. The molecule has 0 saturated carbocycles. The van der Waals surface area contributed by atoms with Gasteiger partial charge >= 0.3 is 58.0 Å². The van der Waals surface area contributed by atoms with Crippen molar-refractivity contribution in [2.24, 2.45) is 28.6 Å². The molecule has 0 amide bonds. The number of halogens is 1. The smallest absolute Gasteiger partial charge is 0.870 e. The number of methoxy groups -OCH3 is 6. The Hall–Kier alpha value is -9.46. The van der Waals surface area contributed by atoms with Gasteiger partial charge in [-0.05, 0) is 81.3 Å². The van der Waals surface area contributed by atoms with Gasteiger partial charge in [-0.3, -0.25) is 71.7 Å². The number of aromatic amines is 5. The quantitative estimate of drug-likeness (QED) is 0.00301. The molecule has 146 heavy (non-hydrogen) atoms. The van der Waals surface area contributed by atoms with Crippen LogP contribution < -0.4 is 96.3 Å². The van der Waals surface area contributed by atoms with Crippen molar-refractivity contribution in [3.8, 4) is 5.75 Å². The summed E-state index contributed by atoms with van der Waals surface area (Å²) in [6.45, 7) is 31.5. The van der Waals surface area contributed by atoms with Crippen molar-refractivity contribution in [3.63, 3.8) is 0 Å². The zero-order valence-electron chi connectivity index (χ0n) is 84.3. The average Bonchev–Trinajstić information content (AvgIpc) is 1.51. The number of alkyl halides is 1. The standard InChI is InChI=1S/C22H37N4O7P.C20H17ClO.C14H22N2O5.C13H19N5O5.C13H21N3O5.C13H20N2O6.2CH4.Na.H2O/c1-15(2)26(16(3)4)34(31-11-9-23-6)32-14-18-17(5)20(30-13-12-29-7)21(33-18)25-10-8-19(27)24-22(25)28;1-22-19-14-12-18(13-15-19)20(21,16-8-4-2-5-9-16)17-10-6-3-7-11-17;1-4-10-9(2)12(20-8-7-19-3)13(21-10)16-6-5-11(17)15-14(16)18;1-3-8-10(16-17-14)11(22-7-6-21-2)12(23-8)18-5-4-9(19)15-13(18)20;1-3-8-10(14)11(20-7-6-19-2)12(21-8)16-5-4-9(17)15-13(16)18;1-8-9(7-16)21-12(11(8)20-6-5-19-2)15-4-3-10(17)14-13(15)18;;;;/h8,10,15-18,20-21H,9,11-14H2,1-5,7H3,(H,24,27,28);2-15H,1H3;5-6,9-10,12-13H,4,7-8H2,1-3H3,(H,15,17,18);4-5,8,10-12H,3,6-7H2,1-2H3,(H,15,19,20);4-5,8,10-12H,3,6-7,14H2,1-2H3,(H,15,17,18);3-4,8-9,11-12,16H,5-7H2,1-2H3,(H,14,17,18);2*1H4;;1H2/q;;;;;;;;+1;/p-1/t17-,18-,20-,21-,34?;;9-,10-,12-,13-;2*8-,10-,11-,12-;8-,9-,11-,12-;;;;/m1.1111..../s1. The molecular formula is C97H145ClN16NaO30P. The minimum absolute atomic E-state index is 0. The first-order valence-corrected chi connectivity index (χ1v) is 48.2. The normalized spacial score (nSPS) is 23.9. The summed E-state index contributed by atoms with van der Waals surface area (Å²) in [7, 11) is 8.12. The van der Waals surface area contributed by atoms with E-state index in [0.29, 0.717) is 72.3 Å². The molecule has 21 atom stereocenters. The Kier molecular flexibility index (Phi) is 58.4. The molecule has 9 N–H and O–H groups in total. The van der Waals surface area contributed by atoms with E-state index in [0.717, 1.165) is 28.9 Å². The molecule has 5 fully saturated rings. The zero-order chi connectivity index (χ0) is 104. The van der Waals surface area contributed by atoms with E-state index in [2.05, 4.69) is 96.4 Å². The van der Waals surface area contributed by atoms with Crippen molar-refractivity contribution in [3.05, 3.63) is 289 Å². The predicted molar refractivity (Wildman–Crippen MR) is 540 cm³/mol. The zero-order valence-corrected chi connectivity index (χ0v) is 87.9. The molecule has 1 unspecified atom stereocenters. The van der Waals surface area contributed by atoms with Gasteiger partial charge in [-0.25, -0.2) is 35.2 Å². The van der Waals surface area contributed by atoms with Gasteiger partial charge in [-0.2, -0.15) is 0 Å². The van der Waals surface area contributed by atoms with Gasteiger partial charge in [0.05, 0.1) is 129 Å². The first-order valence-electron chi connectivity index (χ1n) is 46.7. The average molecular weight is 2100 g/mol. The van der Waals surface area contributed by atoms with Gasteiger partial charge in [-0.15, -0.1) is 11.6 Å². The van der Waals surface area contributed by atoms with Crippen molar-refractivity contribution in [1.29, 1.82) is 0 Å². The molecule has 13 rings (SSSR count). The summed E-state index contributed by atoms with van der Waals surface area (Å²) in [4.78, 5) is 133. The van der Waals surface area contributed by atoms with E-state index in [1.54, 1.807) is 35.5 Å². The number of nitrogens with one attached hydrogen (secondary N) is 5. The Balaban J connectivity index is 0.000000366. The summed E-state index contributed by atoms with van der Waals surface area (Å²) in [6.07, 6.45) is 2.01. The van der Waals surface area contributed by atoms with Crippen LogP contribution in [0.1, 0.15) is 151 Å². The van der Waals surface area contributed by atoms with Gasteiger partial charge in [0, 0.05) is 132 Å².